The Balaban J connectivity index is 2.65. The lowest BCUT2D eigenvalue weighted by atomic mass is 9.86. The lowest BCUT2D eigenvalue weighted by Gasteiger charge is -2.41. The van der Waals surface area contributed by atoms with Crippen LogP contribution in [0.15, 0.2) is 0 Å². The second-order valence-corrected chi connectivity index (χ2v) is 4.68. The molecule has 1 rings (SSSR count). The van der Waals surface area contributed by atoms with Crippen molar-refractivity contribution in [3.63, 3.8) is 0 Å². The third-order valence-electron chi connectivity index (χ3n) is 3.19. The molecule has 1 aliphatic heterocycles. The maximum atomic E-state index is 11.5. The Morgan fingerprint density at radius 1 is 1.47 bits per heavy atom. The van der Waals surface area contributed by atoms with Crippen LogP contribution in [0.2, 0.25) is 0 Å². The topological polar surface area (TPSA) is 58.4 Å². The number of likely N-dealkylation sites (tertiary alicyclic amines) is 1. The molecule has 1 aliphatic rings. The van der Waals surface area contributed by atoms with Crippen LogP contribution < -0.4 is 11.1 Å². The van der Waals surface area contributed by atoms with E-state index in [2.05, 4.69) is 31.0 Å². The van der Waals surface area contributed by atoms with E-state index in [0.29, 0.717) is 6.04 Å². The molecule has 0 aliphatic carbocycles. The van der Waals surface area contributed by atoms with Gasteiger partial charge in [-0.25, -0.2) is 0 Å². The minimum Gasteiger partial charge on any atom is -0.368 e. The third-order valence-corrected chi connectivity index (χ3v) is 3.19. The van der Waals surface area contributed by atoms with Gasteiger partial charge in [0.05, 0.1) is 0 Å². The zero-order valence-corrected chi connectivity index (χ0v) is 10.0. The van der Waals surface area contributed by atoms with Crippen molar-refractivity contribution in [1.82, 2.24) is 10.2 Å². The molecule has 0 bridgehead atoms. The Kier molecular flexibility index (Phi) is 4.11. The number of carbonyl (C=O) groups is 1. The Labute approximate surface area is 92.2 Å². The molecule has 1 heterocycles. The van der Waals surface area contributed by atoms with Gasteiger partial charge in [-0.2, -0.15) is 0 Å². The fraction of sp³-hybridized carbons (Fsp3) is 0.909. The van der Waals surface area contributed by atoms with E-state index in [1.807, 2.05) is 0 Å². The lowest BCUT2D eigenvalue weighted by molar-refractivity contribution is -0.126. The molecule has 0 aromatic heterocycles. The van der Waals surface area contributed by atoms with Gasteiger partial charge in [-0.3, -0.25) is 4.79 Å². The Morgan fingerprint density at radius 3 is 2.33 bits per heavy atom. The second kappa shape index (κ2) is 4.94. The number of hydrogen-bond donors (Lipinski definition) is 2. The van der Waals surface area contributed by atoms with E-state index < -0.39 is 5.54 Å². The highest BCUT2D eigenvalue weighted by Crippen LogP contribution is 2.22. The predicted octanol–water partition coefficient (Wildman–Crippen LogP) is 0.324. The summed E-state index contributed by atoms with van der Waals surface area (Å²) in [5, 5.41) is 3.34. The summed E-state index contributed by atoms with van der Waals surface area (Å²) in [4.78, 5) is 13.9. The summed E-state index contributed by atoms with van der Waals surface area (Å²) >= 11 is 0. The molecular weight excluding hydrogens is 190 g/mol. The summed E-state index contributed by atoms with van der Waals surface area (Å²) in [5.41, 5.74) is 5.05. The number of primary amides is 1. The molecule has 1 amide bonds. The number of nitrogens with two attached hydrogens (primary N) is 1. The molecule has 3 N–H and O–H groups in total. The number of amides is 1. The first-order chi connectivity index (χ1) is 7.00. The van der Waals surface area contributed by atoms with Crippen LogP contribution >= 0.6 is 0 Å². The van der Waals surface area contributed by atoms with E-state index in [1.54, 1.807) is 0 Å². The van der Waals surface area contributed by atoms with Crippen LogP contribution in [0.3, 0.4) is 0 Å². The van der Waals surface area contributed by atoms with E-state index in [-0.39, 0.29) is 5.91 Å². The Bertz CT molecular complexity index is 220. The van der Waals surface area contributed by atoms with Crippen molar-refractivity contribution in [2.24, 2.45) is 5.73 Å². The van der Waals surface area contributed by atoms with Gasteiger partial charge < -0.3 is 16.0 Å². The van der Waals surface area contributed by atoms with Crippen molar-refractivity contribution in [3.05, 3.63) is 0 Å². The summed E-state index contributed by atoms with van der Waals surface area (Å²) in [7, 11) is 0. The van der Waals surface area contributed by atoms with Crippen molar-refractivity contribution in [1.29, 1.82) is 0 Å². The Hall–Kier alpha value is -0.610. The monoisotopic (exact) mass is 213 g/mol. The average Bonchev–Trinajstić information content (AvgIpc) is 2.17. The van der Waals surface area contributed by atoms with Crippen LogP contribution in [0.25, 0.3) is 0 Å². The van der Waals surface area contributed by atoms with Crippen molar-refractivity contribution in [2.45, 2.75) is 45.2 Å². The van der Waals surface area contributed by atoms with E-state index in [1.165, 1.54) is 0 Å². The second-order valence-electron chi connectivity index (χ2n) is 4.68. The number of hydrogen-bond acceptors (Lipinski definition) is 3. The molecule has 0 radical (unpaired) electrons. The van der Waals surface area contributed by atoms with Crippen LogP contribution in [0.1, 0.15) is 33.6 Å². The minimum absolute atomic E-state index is 0.202. The number of rotatable bonds is 4. The largest absolute Gasteiger partial charge is 0.368 e. The SMILES string of the molecule is CCN1CCC(NC(C)C)(C(N)=O)CC1. The zero-order valence-electron chi connectivity index (χ0n) is 10.0. The van der Waals surface area contributed by atoms with E-state index in [0.717, 1.165) is 32.5 Å². The summed E-state index contributed by atoms with van der Waals surface area (Å²) in [6, 6.07) is 0.297. The number of nitrogens with zero attached hydrogens (tertiary/aromatic N) is 1. The van der Waals surface area contributed by atoms with Gasteiger partial charge in [-0.1, -0.05) is 6.92 Å². The molecule has 0 aromatic rings. The molecule has 1 fully saturated rings. The molecule has 0 aromatic carbocycles. The average molecular weight is 213 g/mol. The van der Waals surface area contributed by atoms with E-state index >= 15 is 0 Å². The summed E-state index contributed by atoms with van der Waals surface area (Å²) in [6.45, 7) is 9.22. The molecular formula is C11H23N3O. The first kappa shape index (κ1) is 12.5. The molecule has 0 atom stereocenters. The highest BCUT2D eigenvalue weighted by atomic mass is 16.1. The van der Waals surface area contributed by atoms with Crippen molar-refractivity contribution in [2.75, 3.05) is 19.6 Å². The van der Waals surface area contributed by atoms with Crippen LogP contribution in [0.5, 0.6) is 0 Å². The molecule has 0 saturated carbocycles. The molecule has 15 heavy (non-hydrogen) atoms. The highest BCUT2D eigenvalue weighted by Gasteiger charge is 2.39. The van der Waals surface area contributed by atoms with E-state index in [4.69, 9.17) is 5.73 Å². The van der Waals surface area contributed by atoms with Gasteiger partial charge in [0.15, 0.2) is 0 Å². The van der Waals surface area contributed by atoms with E-state index in [9.17, 15) is 4.79 Å². The van der Waals surface area contributed by atoms with Gasteiger partial charge in [0.1, 0.15) is 5.54 Å². The highest BCUT2D eigenvalue weighted by molar-refractivity contribution is 5.84. The molecule has 88 valence electrons. The molecule has 4 heteroatoms. The van der Waals surface area contributed by atoms with Gasteiger partial charge in [0.2, 0.25) is 5.91 Å². The van der Waals surface area contributed by atoms with Crippen molar-refractivity contribution in [3.8, 4) is 0 Å². The van der Waals surface area contributed by atoms with Gasteiger partial charge in [-0.05, 0) is 33.2 Å². The van der Waals surface area contributed by atoms with Crippen LogP contribution in [0, 0.1) is 0 Å². The van der Waals surface area contributed by atoms with Gasteiger partial charge >= 0.3 is 0 Å². The van der Waals surface area contributed by atoms with Gasteiger partial charge in [0, 0.05) is 19.1 Å². The van der Waals surface area contributed by atoms with Gasteiger partial charge in [0.25, 0.3) is 0 Å². The van der Waals surface area contributed by atoms with Crippen LogP contribution in [-0.2, 0) is 4.79 Å². The zero-order chi connectivity index (χ0) is 11.5. The van der Waals surface area contributed by atoms with Crippen LogP contribution in [-0.4, -0.2) is 42.0 Å². The smallest absolute Gasteiger partial charge is 0.237 e. The Morgan fingerprint density at radius 2 is 2.00 bits per heavy atom. The first-order valence-corrected chi connectivity index (χ1v) is 5.80. The molecule has 4 nitrogen and oxygen atoms in total. The minimum atomic E-state index is -0.472. The number of nitrogens with one attached hydrogen (secondary N) is 1. The molecule has 0 spiro atoms. The van der Waals surface area contributed by atoms with Gasteiger partial charge in [-0.15, -0.1) is 0 Å². The van der Waals surface area contributed by atoms with Crippen LogP contribution in [0.4, 0.5) is 0 Å². The summed E-state index contributed by atoms with van der Waals surface area (Å²) in [6.07, 6.45) is 1.66. The van der Waals surface area contributed by atoms with Crippen molar-refractivity contribution >= 4 is 5.91 Å². The standard InChI is InChI=1S/C11H23N3O/c1-4-14-7-5-11(6-8-14,10(12)15)13-9(2)3/h9,13H,4-8H2,1-3H3,(H2,12,15). The molecule has 1 saturated heterocycles. The summed E-state index contributed by atoms with van der Waals surface area (Å²) in [5.74, 6) is -0.202. The predicted molar refractivity (Wildman–Crippen MR) is 61.5 cm³/mol. The third kappa shape index (κ3) is 2.92. The number of carbonyl (C=O) groups excluding carboxylic acids is 1. The normalized spacial score (nSPS) is 21.9. The number of piperidine rings is 1. The fourth-order valence-corrected chi connectivity index (χ4v) is 2.27. The molecule has 0 unspecified atom stereocenters. The fourth-order valence-electron chi connectivity index (χ4n) is 2.27. The maximum absolute atomic E-state index is 11.5. The maximum Gasteiger partial charge on any atom is 0.237 e. The summed E-state index contributed by atoms with van der Waals surface area (Å²) < 4.78 is 0. The van der Waals surface area contributed by atoms with Crippen molar-refractivity contribution < 1.29 is 4.79 Å². The quantitative estimate of drug-likeness (QED) is 0.707. The lowest BCUT2D eigenvalue weighted by Crippen LogP contribution is -2.62. The first-order valence-electron chi connectivity index (χ1n) is 5.80.